The number of hydrazone groups is 1. The molecule has 0 bridgehead atoms. The van der Waals surface area contributed by atoms with Crippen LogP contribution < -0.4 is 5.43 Å². The molecule has 0 aliphatic carbocycles. The molecule has 0 aliphatic heterocycles. The highest BCUT2D eigenvalue weighted by atomic mass is 31.2. The van der Waals surface area contributed by atoms with E-state index in [9.17, 15) is 9.36 Å². The molecule has 0 aliphatic rings. The molecule has 0 atom stereocenters. The highest BCUT2D eigenvalue weighted by Gasteiger charge is 2.35. The fraction of sp³-hybridized carbons (Fsp3) is 0.385. The summed E-state index contributed by atoms with van der Waals surface area (Å²) in [5, 5.41) is 3.91. The Bertz CT molecular complexity index is 506. The van der Waals surface area contributed by atoms with Crippen molar-refractivity contribution >= 4 is 24.5 Å². The predicted molar refractivity (Wildman–Crippen MR) is 79.0 cm³/mol. The molecule has 7 heteroatoms. The highest BCUT2D eigenvalue weighted by Crippen LogP contribution is 2.49. The summed E-state index contributed by atoms with van der Waals surface area (Å²) < 4.78 is 22.8. The highest BCUT2D eigenvalue weighted by molar-refractivity contribution is 7.75. The molecule has 0 amide bonds. The second-order valence-corrected chi connectivity index (χ2v) is 5.74. The van der Waals surface area contributed by atoms with Crippen LogP contribution in [0.3, 0.4) is 0 Å². The van der Waals surface area contributed by atoms with Crippen molar-refractivity contribution in [1.82, 2.24) is 0 Å². The molecule has 1 aromatic rings. The van der Waals surface area contributed by atoms with Gasteiger partial charge in [-0.15, -0.1) is 0 Å². The van der Waals surface area contributed by atoms with Crippen LogP contribution in [0.25, 0.3) is 0 Å². The molecular formula is C13H19N2O4P. The van der Waals surface area contributed by atoms with Crippen molar-refractivity contribution in [3.05, 3.63) is 30.3 Å². The van der Waals surface area contributed by atoms with Crippen LogP contribution in [0.15, 0.2) is 35.4 Å². The summed E-state index contributed by atoms with van der Waals surface area (Å²) in [4.78, 5) is 11.7. The van der Waals surface area contributed by atoms with Crippen LogP contribution in [-0.2, 0) is 18.4 Å². The molecule has 1 aromatic carbocycles. The van der Waals surface area contributed by atoms with Gasteiger partial charge in [0.05, 0.1) is 18.9 Å². The van der Waals surface area contributed by atoms with E-state index in [1.807, 2.05) is 18.2 Å². The summed E-state index contributed by atoms with van der Waals surface area (Å²) in [5.41, 5.74) is 3.12. The lowest BCUT2D eigenvalue weighted by Gasteiger charge is -2.17. The van der Waals surface area contributed by atoms with Crippen LogP contribution in [-0.4, -0.2) is 24.4 Å². The molecule has 110 valence electrons. The molecule has 0 spiro atoms. The van der Waals surface area contributed by atoms with Crippen LogP contribution in [0.5, 0.6) is 0 Å². The second-order valence-electron chi connectivity index (χ2n) is 3.80. The number of para-hydroxylation sites is 1. The molecule has 1 rings (SSSR count). The minimum Gasteiger partial charge on any atom is -0.304 e. The lowest BCUT2D eigenvalue weighted by atomic mass is 10.3. The Kier molecular flexibility index (Phi) is 6.58. The number of benzene rings is 1. The van der Waals surface area contributed by atoms with E-state index in [1.54, 1.807) is 26.0 Å². The van der Waals surface area contributed by atoms with Gasteiger partial charge in [-0.25, -0.2) is 0 Å². The van der Waals surface area contributed by atoms with Crippen molar-refractivity contribution in [1.29, 1.82) is 0 Å². The van der Waals surface area contributed by atoms with Gasteiger partial charge in [0.2, 0.25) is 5.45 Å². The van der Waals surface area contributed by atoms with Gasteiger partial charge in [0.1, 0.15) is 0 Å². The van der Waals surface area contributed by atoms with Gasteiger partial charge >= 0.3 is 7.60 Å². The van der Waals surface area contributed by atoms with Crippen molar-refractivity contribution in [2.75, 3.05) is 18.6 Å². The first kappa shape index (κ1) is 16.6. The number of Topliss-reactive ketones (excluding diaryl/α,β-unsaturated/α-hetero) is 1. The largest absolute Gasteiger partial charge is 0.385 e. The molecule has 0 aromatic heterocycles. The van der Waals surface area contributed by atoms with Crippen molar-refractivity contribution in [2.45, 2.75) is 20.8 Å². The fourth-order valence-corrected chi connectivity index (χ4v) is 3.02. The Hall–Kier alpha value is -1.49. The zero-order valence-electron chi connectivity index (χ0n) is 11.8. The zero-order valence-corrected chi connectivity index (χ0v) is 12.7. The third-order valence-corrected chi connectivity index (χ3v) is 4.37. The van der Waals surface area contributed by atoms with Crippen LogP contribution in [0, 0.1) is 0 Å². The van der Waals surface area contributed by atoms with Gasteiger partial charge in [-0.3, -0.25) is 14.8 Å². The molecule has 0 fully saturated rings. The van der Waals surface area contributed by atoms with E-state index in [1.165, 1.54) is 6.92 Å². The van der Waals surface area contributed by atoms with Crippen LogP contribution in [0.1, 0.15) is 20.8 Å². The Morgan fingerprint density at radius 1 is 1.20 bits per heavy atom. The van der Waals surface area contributed by atoms with Crippen molar-refractivity contribution in [3.63, 3.8) is 0 Å². The van der Waals surface area contributed by atoms with E-state index < -0.39 is 13.4 Å². The van der Waals surface area contributed by atoms with Crippen molar-refractivity contribution in [3.8, 4) is 0 Å². The number of nitrogens with zero attached hydrogens (tertiary/aromatic N) is 1. The minimum absolute atomic E-state index is 0.162. The summed E-state index contributed by atoms with van der Waals surface area (Å²) in [6.45, 7) is 4.95. The minimum atomic E-state index is -3.68. The van der Waals surface area contributed by atoms with E-state index in [-0.39, 0.29) is 18.7 Å². The number of hydrogen-bond donors (Lipinski definition) is 1. The Morgan fingerprint density at radius 2 is 1.75 bits per heavy atom. The number of carbonyl (C=O) groups is 1. The van der Waals surface area contributed by atoms with Gasteiger partial charge in [-0.1, -0.05) is 18.2 Å². The Balaban J connectivity index is 3.03. The van der Waals surface area contributed by atoms with E-state index >= 15 is 0 Å². The summed E-state index contributed by atoms with van der Waals surface area (Å²) in [6, 6.07) is 9.03. The fourth-order valence-electron chi connectivity index (χ4n) is 1.46. The summed E-state index contributed by atoms with van der Waals surface area (Å²) in [7, 11) is -3.68. The molecule has 0 saturated carbocycles. The van der Waals surface area contributed by atoms with Gasteiger partial charge in [0.25, 0.3) is 0 Å². The summed E-state index contributed by atoms with van der Waals surface area (Å²) in [6.07, 6.45) is 0. The number of carbonyl (C=O) groups excluding carboxylic acids is 1. The van der Waals surface area contributed by atoms with Crippen LogP contribution in [0.2, 0.25) is 0 Å². The number of anilines is 1. The average molecular weight is 298 g/mol. The number of rotatable bonds is 8. The number of hydrogen-bond acceptors (Lipinski definition) is 6. The summed E-state index contributed by atoms with van der Waals surface area (Å²) >= 11 is 0. The van der Waals surface area contributed by atoms with Gasteiger partial charge in [0, 0.05) is 6.92 Å². The maximum absolute atomic E-state index is 12.5. The first-order valence-electron chi connectivity index (χ1n) is 6.32. The normalized spacial score (nSPS) is 12.2. The van der Waals surface area contributed by atoms with Crippen LogP contribution in [0.4, 0.5) is 5.69 Å². The predicted octanol–water partition coefficient (Wildman–Crippen LogP) is 3.27. The first-order valence-corrected chi connectivity index (χ1v) is 7.87. The second kappa shape index (κ2) is 7.94. The average Bonchev–Trinajstić information content (AvgIpc) is 2.40. The van der Waals surface area contributed by atoms with Crippen molar-refractivity contribution in [2.24, 2.45) is 5.10 Å². The maximum Gasteiger partial charge on any atom is 0.385 e. The third-order valence-electron chi connectivity index (χ3n) is 2.24. The standard InChI is InChI=1S/C13H19N2O4P/c1-4-18-20(17,19-5-2)13(11(3)16)15-14-12-9-7-6-8-10-12/h6-10,14H,4-5H2,1-3H3/b15-13+. The molecule has 0 unspecified atom stereocenters. The van der Waals surface area contributed by atoms with Crippen molar-refractivity contribution < 1.29 is 18.4 Å². The molecule has 0 radical (unpaired) electrons. The number of ketones is 1. The van der Waals surface area contributed by atoms with Crippen LogP contribution >= 0.6 is 7.60 Å². The molecule has 0 saturated heterocycles. The topological polar surface area (TPSA) is 77.0 Å². The molecule has 6 nitrogen and oxygen atoms in total. The lowest BCUT2D eigenvalue weighted by Crippen LogP contribution is -2.16. The first-order chi connectivity index (χ1) is 9.53. The summed E-state index contributed by atoms with van der Waals surface area (Å²) in [5.74, 6) is -0.460. The van der Waals surface area contributed by atoms with Gasteiger partial charge in [-0.05, 0) is 26.0 Å². The third kappa shape index (κ3) is 4.56. The van der Waals surface area contributed by atoms with E-state index in [0.29, 0.717) is 5.69 Å². The quantitative estimate of drug-likeness (QED) is 0.453. The number of nitrogens with one attached hydrogen (secondary N) is 1. The van der Waals surface area contributed by atoms with Gasteiger partial charge in [0.15, 0.2) is 5.78 Å². The molecular weight excluding hydrogens is 279 g/mol. The maximum atomic E-state index is 12.5. The Labute approximate surface area is 118 Å². The van der Waals surface area contributed by atoms with Gasteiger partial charge in [-0.2, -0.15) is 5.10 Å². The van der Waals surface area contributed by atoms with E-state index in [4.69, 9.17) is 9.05 Å². The molecule has 0 heterocycles. The smallest absolute Gasteiger partial charge is 0.304 e. The molecule has 1 N–H and O–H groups in total. The van der Waals surface area contributed by atoms with Gasteiger partial charge < -0.3 is 9.05 Å². The van der Waals surface area contributed by atoms with E-state index in [0.717, 1.165) is 0 Å². The lowest BCUT2D eigenvalue weighted by molar-refractivity contribution is -0.110. The molecule has 20 heavy (non-hydrogen) atoms. The monoisotopic (exact) mass is 298 g/mol. The zero-order chi connectivity index (χ0) is 15.0. The van der Waals surface area contributed by atoms with E-state index in [2.05, 4.69) is 10.5 Å². The Morgan fingerprint density at radius 3 is 2.20 bits per heavy atom. The SMILES string of the molecule is CCOP(=O)(OCC)/C(=N/Nc1ccccc1)C(C)=O.